The largest absolute Gasteiger partial charge is 0.377 e. The topological polar surface area (TPSA) is 72.2 Å². The second-order valence-corrected chi connectivity index (χ2v) is 14.5. The number of Topliss-reactive ketones (excluding diaryl/α,β-unsaturated/α-hetero) is 1. The monoisotopic (exact) mass is 450 g/mol. The molecule has 1 aliphatic carbocycles. The van der Waals surface area contributed by atoms with Crippen LogP contribution < -0.4 is 5.56 Å². The Morgan fingerprint density at radius 1 is 1.19 bits per heavy atom. The molecule has 0 saturated heterocycles. The maximum Gasteiger partial charge on any atom is 0.254 e. The minimum absolute atomic E-state index is 0.0593. The van der Waals surface area contributed by atoms with Crippen LogP contribution >= 0.6 is 0 Å². The maximum atomic E-state index is 13.6. The van der Waals surface area contributed by atoms with Crippen LogP contribution in [-0.4, -0.2) is 28.5 Å². The van der Waals surface area contributed by atoms with Gasteiger partial charge in [0.1, 0.15) is 5.60 Å². The number of hydrogen-bond acceptors (Lipinski definition) is 4. The first-order valence-corrected chi connectivity index (χ1v) is 14.6. The minimum Gasteiger partial charge on any atom is -0.377 e. The van der Waals surface area contributed by atoms with Crippen molar-refractivity contribution in [2.75, 3.05) is 0 Å². The zero-order valence-corrected chi connectivity index (χ0v) is 19.9. The molecule has 0 fully saturated rings. The number of aromatic nitrogens is 2. The summed E-state index contributed by atoms with van der Waals surface area (Å²) in [5.41, 5.74) is 0.677. The number of carbonyl (C=O) groups excluding carboxylic acids is 1. The van der Waals surface area contributed by atoms with Crippen molar-refractivity contribution in [3.8, 4) is 11.4 Å². The molecule has 0 amide bonds. The van der Waals surface area contributed by atoms with Crippen molar-refractivity contribution < 1.29 is 15.4 Å². The molecule has 1 atom stereocenters. The average molecular weight is 451 g/mol. The van der Waals surface area contributed by atoms with Crippen molar-refractivity contribution >= 4 is 24.8 Å². The van der Waals surface area contributed by atoms with E-state index >= 15 is 0 Å². The molecule has 3 aromatic rings. The van der Waals surface area contributed by atoms with Crippen molar-refractivity contribution in [1.82, 2.24) is 9.55 Å². The molecule has 0 spiro atoms. The molecular formula is C26H30N2O3Si. The van der Waals surface area contributed by atoms with Gasteiger partial charge in [-0.2, -0.15) is 0 Å². The molecule has 5 rings (SSSR count). The van der Waals surface area contributed by atoms with Gasteiger partial charge in [0.25, 0.3) is 5.56 Å². The Morgan fingerprint density at radius 2 is 1.94 bits per heavy atom. The number of ketones is 1. The summed E-state index contributed by atoms with van der Waals surface area (Å²) in [6, 6.07) is 8.74. The van der Waals surface area contributed by atoms with Crippen LogP contribution in [0.2, 0.25) is 25.6 Å². The predicted molar refractivity (Wildman–Crippen MR) is 130 cm³/mol. The van der Waals surface area contributed by atoms with E-state index in [2.05, 4.69) is 0 Å². The Hall–Kier alpha value is -2.57. The second-order valence-electron chi connectivity index (χ2n) is 9.78. The summed E-state index contributed by atoms with van der Waals surface area (Å²) in [4.78, 5) is 31.1. The molecule has 0 saturated carbocycles. The molecule has 6 heteroatoms. The molecule has 0 unspecified atom stereocenters. The maximum absolute atomic E-state index is 13.6. The fraction of sp³-hybridized carbons (Fsp3) is 0.423. The van der Waals surface area contributed by atoms with Crippen LogP contribution in [-0.2, 0) is 29.7 Å². The zero-order chi connectivity index (χ0) is 26.4. The lowest BCUT2D eigenvalue weighted by atomic mass is 9.77. The highest BCUT2D eigenvalue weighted by atomic mass is 28.3. The number of benzene rings is 1. The Kier molecular flexibility index (Phi) is 3.83. The van der Waals surface area contributed by atoms with Crippen molar-refractivity contribution in [3.63, 3.8) is 0 Å². The van der Waals surface area contributed by atoms with Crippen LogP contribution in [0.4, 0.5) is 0 Å². The van der Waals surface area contributed by atoms with Gasteiger partial charge >= 0.3 is 0 Å². The summed E-state index contributed by atoms with van der Waals surface area (Å²) >= 11 is 0. The van der Waals surface area contributed by atoms with Gasteiger partial charge in [-0.15, -0.1) is 0 Å². The standard InChI is InChI=1S/C26H30N2O3Si/c1-5-26(31)20-14-22-24-19(15-28(22)25(30)18(20)10-11-23(26)29)16(12-13-32(2,3)4)17-8-6-7-9-21(17)27-24/h6-9,14,31H,5,10-13,15H2,1-4H3/t26-/m0/s1/i12D2,13D2. The van der Waals surface area contributed by atoms with Gasteiger partial charge in [0, 0.05) is 42.1 Å². The number of aliphatic hydroxyl groups is 1. The van der Waals surface area contributed by atoms with Crippen molar-refractivity contribution in [2.24, 2.45) is 0 Å². The quantitative estimate of drug-likeness (QED) is 0.467. The number of aryl methyl sites for hydroxylation is 1. The van der Waals surface area contributed by atoms with E-state index in [1.807, 2.05) is 19.6 Å². The summed E-state index contributed by atoms with van der Waals surface area (Å²) in [7, 11) is -2.67. The van der Waals surface area contributed by atoms with Crippen molar-refractivity contribution in [3.05, 3.63) is 62.9 Å². The number of pyridine rings is 2. The molecule has 2 aliphatic rings. The van der Waals surface area contributed by atoms with Gasteiger partial charge in [-0.25, -0.2) is 4.98 Å². The molecule has 3 heterocycles. The molecule has 0 radical (unpaired) electrons. The lowest BCUT2D eigenvalue weighted by molar-refractivity contribution is -0.140. The first-order valence-electron chi connectivity index (χ1n) is 13.1. The van der Waals surface area contributed by atoms with Gasteiger partial charge in [-0.3, -0.25) is 9.59 Å². The highest BCUT2D eigenvalue weighted by Gasteiger charge is 2.43. The van der Waals surface area contributed by atoms with Crippen LogP contribution in [0, 0.1) is 0 Å². The van der Waals surface area contributed by atoms with E-state index in [9.17, 15) is 14.7 Å². The Balaban J connectivity index is 1.86. The molecule has 5 nitrogen and oxygen atoms in total. The third-order valence-corrected chi connectivity index (χ3v) is 7.41. The SMILES string of the molecule is [2H]C([2H])(c1c2c(nc3ccccc13)-c1cc3c(c(=O)n1C2)CCC(=O)[C@]3(O)CC)C([2H])([2H])[Si](C)(C)C. The minimum atomic E-state index is -2.67. The van der Waals surface area contributed by atoms with Crippen LogP contribution in [0.5, 0.6) is 0 Å². The highest BCUT2D eigenvalue weighted by molar-refractivity contribution is 6.76. The van der Waals surface area contributed by atoms with Crippen LogP contribution in [0.3, 0.4) is 0 Å². The second kappa shape index (κ2) is 7.22. The third kappa shape index (κ3) is 3.11. The van der Waals surface area contributed by atoms with E-state index in [0.29, 0.717) is 39.0 Å². The summed E-state index contributed by atoms with van der Waals surface area (Å²) in [5, 5.41) is 11.8. The lowest BCUT2D eigenvalue weighted by Crippen LogP contribution is -2.43. The summed E-state index contributed by atoms with van der Waals surface area (Å²) in [6.45, 7) is 7.20. The number of para-hydroxylation sites is 1. The molecule has 1 aliphatic heterocycles. The van der Waals surface area contributed by atoms with Gasteiger partial charge in [-0.05, 0) is 36.9 Å². The Bertz CT molecular complexity index is 1510. The normalized spacial score (nSPS) is 22.5. The summed E-state index contributed by atoms with van der Waals surface area (Å²) in [6.07, 6.45) is -1.88. The first-order chi connectivity index (χ1) is 16.7. The molecule has 2 aromatic heterocycles. The summed E-state index contributed by atoms with van der Waals surface area (Å²) in [5.74, 6) is -2.43. The first kappa shape index (κ1) is 17.0. The zero-order valence-electron chi connectivity index (χ0n) is 22.9. The molecule has 32 heavy (non-hydrogen) atoms. The fourth-order valence-electron chi connectivity index (χ4n) is 4.80. The van der Waals surface area contributed by atoms with E-state index in [-0.39, 0.29) is 42.7 Å². The molecule has 166 valence electrons. The van der Waals surface area contributed by atoms with E-state index < -0.39 is 26.0 Å². The number of fused-ring (bicyclic) bond motifs is 5. The van der Waals surface area contributed by atoms with E-state index in [1.54, 1.807) is 37.3 Å². The van der Waals surface area contributed by atoms with Crippen LogP contribution in [0.25, 0.3) is 22.3 Å². The van der Waals surface area contributed by atoms with Crippen molar-refractivity contribution in [1.29, 1.82) is 0 Å². The smallest absolute Gasteiger partial charge is 0.254 e. The fourth-order valence-corrected chi connectivity index (χ4v) is 5.30. The molecule has 0 bridgehead atoms. The third-order valence-electron chi connectivity index (χ3n) is 6.54. The van der Waals surface area contributed by atoms with Gasteiger partial charge in [0.05, 0.1) is 23.4 Å². The molecule has 1 N–H and O–H groups in total. The van der Waals surface area contributed by atoms with E-state index in [0.717, 1.165) is 0 Å². The van der Waals surface area contributed by atoms with Gasteiger partial charge < -0.3 is 9.67 Å². The van der Waals surface area contributed by atoms with Crippen LogP contribution in [0.1, 0.15) is 47.5 Å². The number of carbonyl (C=O) groups is 1. The van der Waals surface area contributed by atoms with Gasteiger partial charge in [0.15, 0.2) is 5.78 Å². The van der Waals surface area contributed by atoms with E-state index in [4.69, 9.17) is 10.5 Å². The highest BCUT2D eigenvalue weighted by Crippen LogP contribution is 2.41. The molecular weight excluding hydrogens is 416 g/mol. The average Bonchev–Trinajstić information content (AvgIpc) is 3.17. The van der Waals surface area contributed by atoms with Gasteiger partial charge in [-0.1, -0.05) is 50.8 Å². The Labute approximate surface area is 194 Å². The van der Waals surface area contributed by atoms with Crippen LogP contribution in [0.15, 0.2) is 35.1 Å². The van der Waals surface area contributed by atoms with E-state index in [1.165, 1.54) is 4.57 Å². The van der Waals surface area contributed by atoms with Crippen molar-refractivity contribution in [2.45, 2.75) is 70.3 Å². The number of hydrogen-bond donors (Lipinski definition) is 1. The predicted octanol–water partition coefficient (Wildman–Crippen LogP) is 4.42. The van der Waals surface area contributed by atoms with Gasteiger partial charge in [0.2, 0.25) is 0 Å². The number of nitrogens with zero attached hydrogens (tertiary/aromatic N) is 2. The lowest BCUT2D eigenvalue weighted by Gasteiger charge is -2.32. The molecule has 1 aromatic carbocycles. The Morgan fingerprint density at radius 3 is 2.66 bits per heavy atom. The summed E-state index contributed by atoms with van der Waals surface area (Å²) < 4.78 is 37.6. The number of rotatable bonds is 4.